The highest BCUT2D eigenvalue weighted by molar-refractivity contribution is 9.10. The van der Waals surface area contributed by atoms with Gasteiger partial charge in [0, 0.05) is 10.5 Å². The second kappa shape index (κ2) is 6.03. The first-order chi connectivity index (χ1) is 8.69. The molecule has 0 radical (unpaired) electrons. The fraction of sp³-hybridized carbons (Fsp3) is 0.200. The normalized spacial score (nSPS) is 12.2. The van der Waals surface area contributed by atoms with Crippen LogP contribution in [0, 0.1) is 0 Å². The van der Waals surface area contributed by atoms with Crippen molar-refractivity contribution in [2.45, 2.75) is 12.5 Å². The van der Waals surface area contributed by atoms with Crippen LogP contribution in [0.1, 0.15) is 17.2 Å². The van der Waals surface area contributed by atoms with E-state index in [1.807, 2.05) is 24.3 Å². The molecule has 0 saturated carbocycles. The van der Waals surface area contributed by atoms with E-state index in [-0.39, 0.29) is 6.04 Å². The first-order valence-corrected chi connectivity index (χ1v) is 6.62. The summed E-state index contributed by atoms with van der Waals surface area (Å²) in [6.07, 6.45) is 0.820. The van der Waals surface area contributed by atoms with Crippen molar-refractivity contribution >= 4 is 15.9 Å². The number of benzene rings is 2. The maximum absolute atomic E-state index is 6.21. The van der Waals surface area contributed by atoms with Crippen molar-refractivity contribution in [2.75, 3.05) is 7.11 Å². The molecule has 0 aromatic heterocycles. The predicted octanol–water partition coefficient (Wildman–Crippen LogP) is 3.70. The summed E-state index contributed by atoms with van der Waals surface area (Å²) >= 11 is 3.46. The number of hydrogen-bond acceptors (Lipinski definition) is 2. The Morgan fingerprint density at radius 2 is 1.89 bits per heavy atom. The lowest BCUT2D eigenvalue weighted by Crippen LogP contribution is -2.13. The van der Waals surface area contributed by atoms with Gasteiger partial charge in [-0.1, -0.05) is 40.2 Å². The van der Waals surface area contributed by atoms with Gasteiger partial charge in [0.1, 0.15) is 5.75 Å². The summed E-state index contributed by atoms with van der Waals surface area (Å²) in [5.74, 6) is 0.870. The molecule has 2 aromatic rings. The molecule has 0 aliphatic rings. The highest BCUT2D eigenvalue weighted by Gasteiger charge is 2.07. The van der Waals surface area contributed by atoms with Crippen molar-refractivity contribution in [2.24, 2.45) is 5.73 Å². The van der Waals surface area contributed by atoms with Crippen molar-refractivity contribution in [1.82, 2.24) is 0 Å². The molecule has 0 aliphatic heterocycles. The van der Waals surface area contributed by atoms with Gasteiger partial charge in [-0.15, -0.1) is 0 Å². The Hall–Kier alpha value is -1.32. The lowest BCUT2D eigenvalue weighted by Gasteiger charge is -2.12. The van der Waals surface area contributed by atoms with E-state index in [4.69, 9.17) is 10.5 Å². The van der Waals surface area contributed by atoms with E-state index >= 15 is 0 Å². The molecule has 0 bridgehead atoms. The first-order valence-electron chi connectivity index (χ1n) is 5.83. The van der Waals surface area contributed by atoms with Crippen molar-refractivity contribution in [3.8, 4) is 5.75 Å². The molecule has 2 nitrogen and oxygen atoms in total. The Morgan fingerprint density at radius 1 is 1.17 bits per heavy atom. The zero-order chi connectivity index (χ0) is 13.0. The third-order valence-electron chi connectivity index (χ3n) is 2.89. The van der Waals surface area contributed by atoms with E-state index in [1.165, 1.54) is 5.56 Å². The Kier molecular flexibility index (Phi) is 4.39. The molecule has 1 unspecified atom stereocenters. The van der Waals surface area contributed by atoms with Gasteiger partial charge in [0.05, 0.1) is 7.11 Å². The molecule has 0 fully saturated rings. The molecular formula is C15H16BrNO. The van der Waals surface area contributed by atoms with Gasteiger partial charge in [0.25, 0.3) is 0 Å². The van der Waals surface area contributed by atoms with Gasteiger partial charge in [-0.05, 0) is 41.8 Å². The number of rotatable bonds is 4. The smallest absolute Gasteiger partial charge is 0.118 e. The van der Waals surface area contributed by atoms with E-state index < -0.39 is 0 Å². The number of halogens is 1. The molecule has 2 N–H and O–H groups in total. The van der Waals surface area contributed by atoms with Gasteiger partial charge in [0.2, 0.25) is 0 Å². The van der Waals surface area contributed by atoms with Crippen molar-refractivity contribution in [3.05, 3.63) is 64.1 Å². The zero-order valence-corrected chi connectivity index (χ0v) is 11.9. The van der Waals surface area contributed by atoms with Crippen LogP contribution >= 0.6 is 15.9 Å². The highest BCUT2D eigenvalue weighted by Crippen LogP contribution is 2.21. The Bertz CT molecular complexity index is 510. The summed E-state index contributed by atoms with van der Waals surface area (Å²) in [4.78, 5) is 0. The van der Waals surface area contributed by atoms with Crippen LogP contribution in [-0.4, -0.2) is 7.11 Å². The minimum atomic E-state index is 0.0101. The van der Waals surface area contributed by atoms with E-state index in [1.54, 1.807) is 7.11 Å². The van der Waals surface area contributed by atoms with Crippen LogP contribution in [0.25, 0.3) is 0 Å². The zero-order valence-electron chi connectivity index (χ0n) is 10.3. The number of ether oxygens (including phenoxy) is 1. The summed E-state index contributed by atoms with van der Waals surface area (Å²) in [5, 5.41) is 0. The number of hydrogen-bond donors (Lipinski definition) is 1. The maximum atomic E-state index is 6.21. The molecule has 3 heteroatoms. The van der Waals surface area contributed by atoms with Crippen LogP contribution in [0.3, 0.4) is 0 Å². The molecule has 2 aromatic carbocycles. The molecule has 0 heterocycles. The maximum Gasteiger partial charge on any atom is 0.118 e. The molecular weight excluding hydrogens is 290 g/mol. The average Bonchev–Trinajstić information content (AvgIpc) is 2.39. The topological polar surface area (TPSA) is 35.2 Å². The lowest BCUT2D eigenvalue weighted by molar-refractivity contribution is 0.414. The summed E-state index contributed by atoms with van der Waals surface area (Å²) in [6.45, 7) is 0. The molecule has 18 heavy (non-hydrogen) atoms. The van der Waals surface area contributed by atoms with Gasteiger partial charge >= 0.3 is 0 Å². The second-order valence-electron chi connectivity index (χ2n) is 4.21. The van der Waals surface area contributed by atoms with Crippen LogP contribution < -0.4 is 10.5 Å². The quantitative estimate of drug-likeness (QED) is 0.935. The number of methoxy groups -OCH3 is 1. The molecule has 0 spiro atoms. The van der Waals surface area contributed by atoms with E-state index in [0.717, 1.165) is 22.2 Å². The fourth-order valence-electron chi connectivity index (χ4n) is 1.87. The Morgan fingerprint density at radius 3 is 2.50 bits per heavy atom. The minimum absolute atomic E-state index is 0.0101. The first kappa shape index (κ1) is 13.1. The third kappa shape index (κ3) is 3.34. The Balaban J connectivity index is 2.08. The van der Waals surface area contributed by atoms with Crippen LogP contribution in [-0.2, 0) is 6.42 Å². The van der Waals surface area contributed by atoms with Crippen LogP contribution in [0.2, 0.25) is 0 Å². The van der Waals surface area contributed by atoms with Crippen LogP contribution in [0.15, 0.2) is 53.0 Å². The molecule has 2 rings (SSSR count). The van der Waals surface area contributed by atoms with E-state index in [9.17, 15) is 0 Å². The second-order valence-corrected chi connectivity index (χ2v) is 5.13. The average molecular weight is 306 g/mol. The van der Waals surface area contributed by atoms with Gasteiger partial charge in [0.15, 0.2) is 0 Å². The summed E-state index contributed by atoms with van der Waals surface area (Å²) in [7, 11) is 1.67. The van der Waals surface area contributed by atoms with Crippen molar-refractivity contribution in [3.63, 3.8) is 0 Å². The standard InChI is InChI=1S/C15H16BrNO/c1-18-14-7-5-11(6-8-14)9-15(17)12-3-2-4-13(16)10-12/h2-8,10,15H,9,17H2,1H3. The molecule has 94 valence electrons. The predicted molar refractivity (Wildman–Crippen MR) is 77.8 cm³/mol. The summed E-state index contributed by atoms with van der Waals surface area (Å²) in [5.41, 5.74) is 8.56. The SMILES string of the molecule is COc1ccc(CC(N)c2cccc(Br)c2)cc1. The summed E-state index contributed by atoms with van der Waals surface area (Å²) < 4.78 is 6.20. The van der Waals surface area contributed by atoms with Gasteiger partial charge < -0.3 is 10.5 Å². The van der Waals surface area contributed by atoms with Gasteiger partial charge in [-0.2, -0.15) is 0 Å². The van der Waals surface area contributed by atoms with Crippen molar-refractivity contribution < 1.29 is 4.74 Å². The fourth-order valence-corrected chi connectivity index (χ4v) is 2.29. The van der Waals surface area contributed by atoms with E-state index in [0.29, 0.717) is 0 Å². The third-order valence-corrected chi connectivity index (χ3v) is 3.38. The molecule has 0 aliphatic carbocycles. The van der Waals surface area contributed by atoms with Gasteiger partial charge in [-0.25, -0.2) is 0 Å². The molecule has 0 saturated heterocycles. The largest absolute Gasteiger partial charge is 0.497 e. The monoisotopic (exact) mass is 305 g/mol. The molecule has 1 atom stereocenters. The van der Waals surface area contributed by atoms with Crippen LogP contribution in [0.5, 0.6) is 5.75 Å². The van der Waals surface area contributed by atoms with Crippen LogP contribution in [0.4, 0.5) is 0 Å². The van der Waals surface area contributed by atoms with Crippen molar-refractivity contribution in [1.29, 1.82) is 0 Å². The highest BCUT2D eigenvalue weighted by atomic mass is 79.9. The van der Waals surface area contributed by atoms with Gasteiger partial charge in [-0.3, -0.25) is 0 Å². The minimum Gasteiger partial charge on any atom is -0.497 e. The lowest BCUT2D eigenvalue weighted by atomic mass is 10.00. The van der Waals surface area contributed by atoms with E-state index in [2.05, 4.69) is 40.2 Å². The molecule has 0 amide bonds. The number of nitrogens with two attached hydrogens (primary N) is 1. The Labute approximate surface area is 116 Å². The summed E-state index contributed by atoms with van der Waals surface area (Å²) in [6, 6.07) is 16.2.